The Morgan fingerprint density at radius 2 is 2.53 bits per heavy atom. The highest BCUT2D eigenvalue weighted by atomic mass is 79.9. The Kier molecular flexibility index (Phi) is 3.99. The van der Waals surface area contributed by atoms with Gasteiger partial charge in [-0.15, -0.1) is 0 Å². The average Bonchev–Trinajstić information content (AvgIpc) is 2.86. The van der Waals surface area contributed by atoms with E-state index in [1.165, 1.54) is 0 Å². The third kappa shape index (κ3) is 2.60. The molecular weight excluding hydrogens is 284 g/mol. The van der Waals surface area contributed by atoms with E-state index in [0.29, 0.717) is 17.2 Å². The van der Waals surface area contributed by atoms with Gasteiger partial charge in [0.25, 0.3) is 5.91 Å². The van der Waals surface area contributed by atoms with Gasteiger partial charge in [-0.05, 0) is 18.4 Å². The van der Waals surface area contributed by atoms with Gasteiger partial charge in [0, 0.05) is 24.6 Å². The SMILES string of the molecule is COc1cnccc1C(=O)N1CCC(CBr)C1. The third-order valence-corrected chi connectivity index (χ3v) is 3.94. The van der Waals surface area contributed by atoms with Gasteiger partial charge in [0.05, 0.1) is 18.9 Å². The van der Waals surface area contributed by atoms with E-state index in [-0.39, 0.29) is 5.91 Å². The van der Waals surface area contributed by atoms with Crippen LogP contribution in [0.25, 0.3) is 0 Å². The number of carbonyl (C=O) groups excluding carboxylic acids is 1. The van der Waals surface area contributed by atoms with Crippen LogP contribution >= 0.6 is 15.9 Å². The molecule has 92 valence electrons. The maximum atomic E-state index is 12.3. The van der Waals surface area contributed by atoms with Gasteiger partial charge >= 0.3 is 0 Å². The molecule has 1 aliphatic rings. The van der Waals surface area contributed by atoms with Crippen molar-refractivity contribution in [2.45, 2.75) is 6.42 Å². The molecule has 0 aliphatic carbocycles. The van der Waals surface area contributed by atoms with Gasteiger partial charge < -0.3 is 9.64 Å². The van der Waals surface area contributed by atoms with Gasteiger partial charge in [-0.3, -0.25) is 9.78 Å². The quantitative estimate of drug-likeness (QED) is 0.801. The standard InChI is InChI=1S/C12H15BrN2O2/c1-17-11-7-14-4-2-10(11)12(16)15-5-3-9(6-13)8-15/h2,4,7,9H,3,5-6,8H2,1H3. The molecule has 1 amide bonds. The fourth-order valence-corrected chi connectivity index (χ4v) is 2.56. The molecular formula is C12H15BrN2O2. The molecule has 0 radical (unpaired) electrons. The van der Waals surface area contributed by atoms with Crippen LogP contribution in [0.15, 0.2) is 18.5 Å². The van der Waals surface area contributed by atoms with Crippen molar-refractivity contribution in [3.63, 3.8) is 0 Å². The van der Waals surface area contributed by atoms with Crippen molar-refractivity contribution in [1.29, 1.82) is 0 Å². The van der Waals surface area contributed by atoms with E-state index in [9.17, 15) is 4.79 Å². The van der Waals surface area contributed by atoms with E-state index in [1.54, 1.807) is 25.6 Å². The predicted molar refractivity (Wildman–Crippen MR) is 68.6 cm³/mol. The number of methoxy groups -OCH3 is 1. The number of amides is 1. The Balaban J connectivity index is 2.15. The van der Waals surface area contributed by atoms with Gasteiger partial charge in [0.15, 0.2) is 0 Å². The number of carbonyl (C=O) groups is 1. The van der Waals surface area contributed by atoms with Crippen LogP contribution in [0, 0.1) is 5.92 Å². The second-order valence-corrected chi connectivity index (χ2v) is 4.78. The van der Waals surface area contributed by atoms with Gasteiger partial charge in [0.1, 0.15) is 5.75 Å². The Morgan fingerprint density at radius 3 is 3.18 bits per heavy atom. The minimum Gasteiger partial charge on any atom is -0.494 e. The lowest BCUT2D eigenvalue weighted by Gasteiger charge is -2.17. The summed E-state index contributed by atoms with van der Waals surface area (Å²) in [6.07, 6.45) is 4.25. The van der Waals surface area contributed by atoms with Crippen molar-refractivity contribution in [3.8, 4) is 5.75 Å². The van der Waals surface area contributed by atoms with Crippen molar-refractivity contribution >= 4 is 21.8 Å². The molecule has 1 aromatic rings. The maximum absolute atomic E-state index is 12.3. The van der Waals surface area contributed by atoms with Gasteiger partial charge in [-0.1, -0.05) is 15.9 Å². The molecule has 1 aliphatic heterocycles. The number of rotatable bonds is 3. The summed E-state index contributed by atoms with van der Waals surface area (Å²) in [4.78, 5) is 18.1. The zero-order valence-corrected chi connectivity index (χ0v) is 11.3. The summed E-state index contributed by atoms with van der Waals surface area (Å²) >= 11 is 3.46. The Labute approximate surface area is 109 Å². The van der Waals surface area contributed by atoms with Gasteiger partial charge in [-0.2, -0.15) is 0 Å². The lowest BCUT2D eigenvalue weighted by Crippen LogP contribution is -2.29. The molecule has 0 N–H and O–H groups in total. The van der Waals surface area contributed by atoms with Crippen molar-refractivity contribution in [2.75, 3.05) is 25.5 Å². The molecule has 1 aromatic heterocycles. The Morgan fingerprint density at radius 1 is 1.71 bits per heavy atom. The summed E-state index contributed by atoms with van der Waals surface area (Å²) in [6, 6.07) is 1.71. The number of hydrogen-bond donors (Lipinski definition) is 0. The van der Waals surface area contributed by atoms with Crippen LogP contribution in [0.4, 0.5) is 0 Å². The zero-order valence-electron chi connectivity index (χ0n) is 9.73. The number of hydrogen-bond acceptors (Lipinski definition) is 3. The minimum atomic E-state index is 0.0349. The van der Waals surface area contributed by atoms with Crippen LogP contribution in [-0.2, 0) is 0 Å². The molecule has 1 fully saturated rings. The Hall–Kier alpha value is -1.10. The predicted octanol–water partition coefficient (Wildman–Crippen LogP) is 1.95. The maximum Gasteiger partial charge on any atom is 0.257 e. The molecule has 0 aromatic carbocycles. The molecule has 2 heterocycles. The number of halogens is 1. The minimum absolute atomic E-state index is 0.0349. The fraction of sp³-hybridized carbons (Fsp3) is 0.500. The first kappa shape index (κ1) is 12.4. The molecule has 2 rings (SSSR count). The van der Waals surface area contributed by atoms with Crippen molar-refractivity contribution in [1.82, 2.24) is 9.88 Å². The van der Waals surface area contributed by atoms with Crippen LogP contribution in [0.3, 0.4) is 0 Å². The highest BCUT2D eigenvalue weighted by molar-refractivity contribution is 9.09. The first-order valence-electron chi connectivity index (χ1n) is 5.59. The van der Waals surface area contributed by atoms with Crippen LogP contribution in [-0.4, -0.2) is 41.3 Å². The summed E-state index contributed by atoms with van der Waals surface area (Å²) in [6.45, 7) is 1.64. The second kappa shape index (κ2) is 5.49. The molecule has 17 heavy (non-hydrogen) atoms. The highest BCUT2D eigenvalue weighted by Crippen LogP contribution is 2.23. The van der Waals surface area contributed by atoms with Crippen molar-refractivity contribution in [2.24, 2.45) is 5.92 Å². The largest absolute Gasteiger partial charge is 0.494 e. The number of ether oxygens (including phenoxy) is 1. The molecule has 4 nitrogen and oxygen atoms in total. The smallest absolute Gasteiger partial charge is 0.257 e. The number of aromatic nitrogens is 1. The van der Waals surface area contributed by atoms with Crippen LogP contribution in [0.2, 0.25) is 0 Å². The number of likely N-dealkylation sites (tertiary alicyclic amines) is 1. The van der Waals surface area contributed by atoms with Crippen molar-refractivity contribution < 1.29 is 9.53 Å². The van der Waals surface area contributed by atoms with E-state index >= 15 is 0 Å². The normalized spacial score (nSPS) is 19.4. The Bertz CT molecular complexity index is 411. The van der Waals surface area contributed by atoms with Crippen LogP contribution < -0.4 is 4.74 Å². The third-order valence-electron chi connectivity index (χ3n) is 3.03. The lowest BCUT2D eigenvalue weighted by atomic mass is 10.2. The van der Waals surface area contributed by atoms with E-state index < -0.39 is 0 Å². The van der Waals surface area contributed by atoms with E-state index in [4.69, 9.17) is 4.74 Å². The molecule has 1 unspecified atom stereocenters. The summed E-state index contributed by atoms with van der Waals surface area (Å²) in [5.41, 5.74) is 0.595. The summed E-state index contributed by atoms with van der Waals surface area (Å²) in [5.74, 6) is 1.14. The number of alkyl halides is 1. The van der Waals surface area contributed by atoms with Crippen LogP contribution in [0.1, 0.15) is 16.8 Å². The van der Waals surface area contributed by atoms with Crippen molar-refractivity contribution in [3.05, 3.63) is 24.0 Å². The summed E-state index contributed by atoms with van der Waals surface area (Å²) < 4.78 is 5.16. The first-order valence-corrected chi connectivity index (χ1v) is 6.71. The molecule has 1 atom stereocenters. The highest BCUT2D eigenvalue weighted by Gasteiger charge is 2.27. The molecule has 0 bridgehead atoms. The average molecular weight is 299 g/mol. The molecule has 0 spiro atoms. The molecule has 0 saturated carbocycles. The summed E-state index contributed by atoms with van der Waals surface area (Å²) in [7, 11) is 1.55. The monoisotopic (exact) mass is 298 g/mol. The number of pyridine rings is 1. The van der Waals surface area contributed by atoms with Gasteiger partial charge in [-0.25, -0.2) is 0 Å². The fourth-order valence-electron chi connectivity index (χ4n) is 2.03. The molecule has 1 saturated heterocycles. The number of nitrogens with zero attached hydrogens (tertiary/aromatic N) is 2. The lowest BCUT2D eigenvalue weighted by molar-refractivity contribution is 0.0785. The van der Waals surface area contributed by atoms with Gasteiger partial charge in [0.2, 0.25) is 0 Å². The van der Waals surface area contributed by atoms with Crippen LogP contribution in [0.5, 0.6) is 5.75 Å². The first-order chi connectivity index (χ1) is 8.26. The summed E-state index contributed by atoms with van der Waals surface area (Å²) in [5, 5.41) is 0.949. The molecule has 5 heteroatoms. The zero-order chi connectivity index (χ0) is 12.3. The van der Waals surface area contributed by atoms with E-state index in [2.05, 4.69) is 20.9 Å². The second-order valence-electron chi connectivity index (χ2n) is 4.14. The van der Waals surface area contributed by atoms with E-state index in [1.807, 2.05) is 4.90 Å². The topological polar surface area (TPSA) is 42.4 Å². The van der Waals surface area contributed by atoms with E-state index in [0.717, 1.165) is 24.8 Å².